The topological polar surface area (TPSA) is 116 Å². The third kappa shape index (κ3) is 3.50. The van der Waals surface area contributed by atoms with E-state index in [0.29, 0.717) is 22.2 Å². The van der Waals surface area contributed by atoms with Gasteiger partial charge in [-0.2, -0.15) is 0 Å². The first-order valence-electron chi connectivity index (χ1n) is 9.01. The first-order valence-corrected chi connectivity index (χ1v) is 9.42. The Balaban J connectivity index is 1.74. The molecule has 0 bridgehead atoms. The number of nitrogens with one attached hydrogen (secondary N) is 1. The predicted molar refractivity (Wildman–Crippen MR) is 111 cm³/mol. The zero-order valence-corrected chi connectivity index (χ0v) is 16.6. The predicted octanol–water partition coefficient (Wildman–Crippen LogP) is 3.34. The number of aromatic carboxylic acids is 2. The summed E-state index contributed by atoms with van der Waals surface area (Å²) >= 11 is 5.40. The van der Waals surface area contributed by atoms with Crippen molar-refractivity contribution in [3.63, 3.8) is 0 Å². The van der Waals surface area contributed by atoms with Gasteiger partial charge in [0.2, 0.25) is 0 Å². The number of pyridine rings is 1. The van der Waals surface area contributed by atoms with Crippen LogP contribution in [0.1, 0.15) is 44.3 Å². The Hall–Kier alpha value is -3.72. The SMILES string of the molecule is CN1C(=S)N[C@H](c2ccccn2)[C@H]1c1ccc(-c2cc(C(=O)O)cc(C(=O)O)c2)o1. The lowest BCUT2D eigenvalue weighted by Crippen LogP contribution is -2.24. The Labute approximate surface area is 176 Å². The quantitative estimate of drug-likeness (QED) is 0.531. The molecule has 0 saturated carbocycles. The van der Waals surface area contributed by atoms with E-state index in [1.54, 1.807) is 18.3 Å². The Bertz CT molecular complexity index is 1110. The van der Waals surface area contributed by atoms with Crippen LogP contribution < -0.4 is 5.32 Å². The van der Waals surface area contributed by atoms with Crippen LogP contribution in [0.4, 0.5) is 0 Å². The van der Waals surface area contributed by atoms with Crippen LogP contribution in [0, 0.1) is 0 Å². The molecule has 30 heavy (non-hydrogen) atoms. The maximum atomic E-state index is 11.4. The minimum Gasteiger partial charge on any atom is -0.478 e. The normalized spacial score (nSPS) is 18.3. The van der Waals surface area contributed by atoms with Crippen molar-refractivity contribution in [3.8, 4) is 11.3 Å². The Kier molecular flexibility index (Phi) is 4.96. The summed E-state index contributed by atoms with van der Waals surface area (Å²) in [4.78, 5) is 29.1. The molecule has 2 atom stereocenters. The molecule has 2 aromatic heterocycles. The van der Waals surface area contributed by atoms with Crippen molar-refractivity contribution in [1.29, 1.82) is 0 Å². The van der Waals surface area contributed by atoms with Gasteiger partial charge in [-0.15, -0.1) is 0 Å². The van der Waals surface area contributed by atoms with E-state index in [4.69, 9.17) is 16.6 Å². The average Bonchev–Trinajstić information content (AvgIpc) is 3.33. The summed E-state index contributed by atoms with van der Waals surface area (Å²) in [6, 6.07) is 12.4. The molecular formula is C21H17N3O5S. The highest BCUT2D eigenvalue weighted by Crippen LogP contribution is 2.39. The molecule has 4 rings (SSSR count). The molecule has 1 aliphatic heterocycles. The molecule has 0 aliphatic carbocycles. The number of hydrogen-bond donors (Lipinski definition) is 3. The first-order chi connectivity index (χ1) is 14.3. The smallest absolute Gasteiger partial charge is 0.335 e. The van der Waals surface area contributed by atoms with E-state index in [9.17, 15) is 19.8 Å². The van der Waals surface area contributed by atoms with Gasteiger partial charge in [-0.05, 0) is 54.7 Å². The summed E-state index contributed by atoms with van der Waals surface area (Å²) in [7, 11) is 1.85. The summed E-state index contributed by atoms with van der Waals surface area (Å²) in [5.74, 6) is -1.48. The van der Waals surface area contributed by atoms with E-state index in [2.05, 4.69) is 10.3 Å². The highest BCUT2D eigenvalue weighted by Gasteiger charge is 2.39. The van der Waals surface area contributed by atoms with E-state index in [0.717, 1.165) is 11.8 Å². The summed E-state index contributed by atoms with van der Waals surface area (Å²) in [5, 5.41) is 22.4. The van der Waals surface area contributed by atoms with Crippen molar-refractivity contribution in [3.05, 3.63) is 77.3 Å². The molecule has 9 heteroatoms. The molecule has 0 unspecified atom stereocenters. The molecule has 1 fully saturated rings. The van der Waals surface area contributed by atoms with Crippen molar-refractivity contribution >= 4 is 29.3 Å². The molecule has 1 aliphatic rings. The van der Waals surface area contributed by atoms with E-state index >= 15 is 0 Å². The van der Waals surface area contributed by atoms with Crippen LogP contribution in [0.3, 0.4) is 0 Å². The lowest BCUT2D eigenvalue weighted by atomic mass is 10.0. The molecule has 0 amide bonds. The maximum absolute atomic E-state index is 11.4. The number of carboxylic acid groups (broad SMARTS) is 2. The molecule has 1 saturated heterocycles. The van der Waals surface area contributed by atoms with Crippen LogP contribution in [-0.4, -0.2) is 44.2 Å². The fourth-order valence-corrected chi connectivity index (χ4v) is 3.74. The third-order valence-electron chi connectivity index (χ3n) is 4.97. The molecule has 0 spiro atoms. The summed E-state index contributed by atoms with van der Waals surface area (Å²) < 4.78 is 6.04. The van der Waals surface area contributed by atoms with Crippen molar-refractivity contribution in [1.82, 2.24) is 15.2 Å². The number of benzene rings is 1. The van der Waals surface area contributed by atoms with Crippen molar-refractivity contribution in [2.75, 3.05) is 7.05 Å². The second-order valence-corrected chi connectivity index (χ2v) is 7.24. The highest BCUT2D eigenvalue weighted by atomic mass is 32.1. The number of carbonyl (C=O) groups is 2. The molecule has 1 aromatic carbocycles. The van der Waals surface area contributed by atoms with Gasteiger partial charge < -0.3 is 24.8 Å². The maximum Gasteiger partial charge on any atom is 0.335 e. The summed E-state index contributed by atoms with van der Waals surface area (Å²) in [6.07, 6.45) is 1.70. The number of rotatable bonds is 5. The molecular weight excluding hydrogens is 406 g/mol. The molecule has 0 radical (unpaired) electrons. The number of nitrogens with zero attached hydrogens (tertiary/aromatic N) is 2. The van der Waals surface area contributed by atoms with Gasteiger partial charge in [-0.3, -0.25) is 4.98 Å². The van der Waals surface area contributed by atoms with Crippen LogP contribution in [-0.2, 0) is 0 Å². The summed E-state index contributed by atoms with van der Waals surface area (Å²) in [6.45, 7) is 0. The Morgan fingerprint density at radius 2 is 1.80 bits per heavy atom. The van der Waals surface area contributed by atoms with Crippen molar-refractivity contribution in [2.24, 2.45) is 0 Å². The van der Waals surface area contributed by atoms with Crippen molar-refractivity contribution < 1.29 is 24.2 Å². The van der Waals surface area contributed by atoms with Crippen molar-refractivity contribution in [2.45, 2.75) is 12.1 Å². The molecule has 3 aromatic rings. The minimum atomic E-state index is -1.22. The van der Waals surface area contributed by atoms with Gasteiger partial charge in [0.1, 0.15) is 17.6 Å². The van der Waals surface area contributed by atoms with Crippen LogP contribution >= 0.6 is 12.2 Å². The Morgan fingerprint density at radius 3 is 2.40 bits per heavy atom. The van der Waals surface area contributed by atoms with E-state index in [-0.39, 0.29) is 23.2 Å². The number of likely N-dealkylation sites (N-methyl/N-ethyl adjacent to an activating group) is 1. The van der Waals surface area contributed by atoms with Gasteiger partial charge in [0.05, 0.1) is 22.9 Å². The molecule has 3 N–H and O–H groups in total. The van der Waals surface area contributed by atoms with Gasteiger partial charge >= 0.3 is 11.9 Å². The largest absolute Gasteiger partial charge is 0.478 e. The minimum absolute atomic E-state index is 0.130. The van der Waals surface area contributed by atoms with E-state index < -0.39 is 11.9 Å². The van der Waals surface area contributed by atoms with Crippen LogP contribution in [0.25, 0.3) is 11.3 Å². The van der Waals surface area contributed by atoms with Gasteiger partial charge in [0.15, 0.2) is 5.11 Å². The van der Waals surface area contributed by atoms with Gasteiger partial charge in [-0.25, -0.2) is 9.59 Å². The fourth-order valence-electron chi connectivity index (χ4n) is 3.50. The number of aromatic nitrogens is 1. The second-order valence-electron chi connectivity index (χ2n) is 6.85. The van der Waals surface area contributed by atoms with Crippen LogP contribution in [0.5, 0.6) is 0 Å². The van der Waals surface area contributed by atoms with Gasteiger partial charge in [0.25, 0.3) is 0 Å². The molecule has 152 valence electrons. The van der Waals surface area contributed by atoms with Gasteiger partial charge in [0, 0.05) is 18.8 Å². The highest BCUT2D eigenvalue weighted by molar-refractivity contribution is 7.80. The van der Waals surface area contributed by atoms with E-state index in [1.807, 2.05) is 30.1 Å². The van der Waals surface area contributed by atoms with E-state index in [1.165, 1.54) is 12.1 Å². The standard InChI is InChI=1S/C21H17N3O5S/c1-24-18(17(23-21(24)30)14-4-2-3-7-22-14)16-6-5-15(29-16)11-8-12(19(25)26)10-13(9-11)20(27)28/h2-10,17-18H,1H3,(H,23,30)(H,25,26)(H,27,28)/t17-,18-/m1/s1. The monoisotopic (exact) mass is 423 g/mol. The summed E-state index contributed by atoms with van der Waals surface area (Å²) in [5.41, 5.74) is 0.905. The number of furan rings is 1. The lowest BCUT2D eigenvalue weighted by molar-refractivity contribution is 0.0696. The van der Waals surface area contributed by atoms with Gasteiger partial charge in [-0.1, -0.05) is 6.07 Å². The second kappa shape index (κ2) is 7.60. The number of hydrogen-bond acceptors (Lipinski definition) is 5. The lowest BCUT2D eigenvalue weighted by Gasteiger charge is -2.21. The zero-order valence-electron chi connectivity index (χ0n) is 15.8. The number of carboxylic acids is 2. The fraction of sp³-hybridized carbons (Fsp3) is 0.143. The Morgan fingerprint density at radius 1 is 1.10 bits per heavy atom. The molecule has 3 heterocycles. The average molecular weight is 423 g/mol. The third-order valence-corrected chi connectivity index (χ3v) is 5.37. The number of thiocarbonyl (C=S) groups is 1. The molecule has 8 nitrogen and oxygen atoms in total. The zero-order chi connectivity index (χ0) is 21.4. The van der Waals surface area contributed by atoms with Crippen LogP contribution in [0.15, 0.2) is 59.1 Å². The first kappa shape index (κ1) is 19.6. The van der Waals surface area contributed by atoms with Crippen LogP contribution in [0.2, 0.25) is 0 Å².